The molecule has 6 heteroatoms. The van der Waals surface area contributed by atoms with E-state index in [0.717, 1.165) is 16.4 Å². The van der Waals surface area contributed by atoms with Gasteiger partial charge in [-0.2, -0.15) is 4.31 Å². The van der Waals surface area contributed by atoms with Gasteiger partial charge in [-0.1, -0.05) is 12.2 Å². The molecule has 0 aromatic heterocycles. The van der Waals surface area contributed by atoms with Crippen molar-refractivity contribution in [1.82, 2.24) is 4.31 Å². The van der Waals surface area contributed by atoms with Gasteiger partial charge in [0.2, 0.25) is 10.0 Å². The second kappa shape index (κ2) is 5.88. The van der Waals surface area contributed by atoms with E-state index in [0.29, 0.717) is 6.07 Å². The molecule has 0 saturated heterocycles. The van der Waals surface area contributed by atoms with Gasteiger partial charge >= 0.3 is 0 Å². The number of rotatable bonds is 6. The molecule has 0 bridgehead atoms. The lowest BCUT2D eigenvalue weighted by atomic mass is 10.3. The van der Waals surface area contributed by atoms with Crippen molar-refractivity contribution in [2.45, 2.75) is 4.90 Å². The molecule has 0 saturated carbocycles. The Kier molecular flexibility index (Phi) is 4.75. The maximum atomic E-state index is 13.5. The van der Waals surface area contributed by atoms with Crippen LogP contribution in [0.25, 0.3) is 0 Å². The highest BCUT2D eigenvalue weighted by Crippen LogP contribution is 2.20. The molecule has 0 fully saturated rings. The van der Waals surface area contributed by atoms with E-state index in [4.69, 9.17) is 0 Å². The Morgan fingerprint density at radius 2 is 1.72 bits per heavy atom. The predicted molar refractivity (Wildman–Crippen MR) is 65.5 cm³/mol. The highest BCUT2D eigenvalue weighted by Gasteiger charge is 2.26. The van der Waals surface area contributed by atoms with Gasteiger partial charge in [0.05, 0.1) is 0 Å². The Balaban J connectivity index is 3.29. The summed E-state index contributed by atoms with van der Waals surface area (Å²) in [5.41, 5.74) is 0. The quantitative estimate of drug-likeness (QED) is 0.746. The van der Waals surface area contributed by atoms with Crippen LogP contribution in [0.2, 0.25) is 0 Å². The summed E-state index contributed by atoms with van der Waals surface area (Å²) >= 11 is 0. The molecule has 98 valence electrons. The summed E-state index contributed by atoms with van der Waals surface area (Å²) in [5, 5.41) is 0. The molecule has 0 heterocycles. The van der Waals surface area contributed by atoms with E-state index in [9.17, 15) is 17.2 Å². The minimum Gasteiger partial charge on any atom is -0.207 e. The van der Waals surface area contributed by atoms with Crippen molar-refractivity contribution >= 4 is 10.0 Å². The Bertz CT molecular complexity index is 545. The highest BCUT2D eigenvalue weighted by molar-refractivity contribution is 7.89. The van der Waals surface area contributed by atoms with Crippen LogP contribution < -0.4 is 0 Å². The zero-order valence-electron chi connectivity index (χ0n) is 9.64. The molecule has 0 N–H and O–H groups in total. The van der Waals surface area contributed by atoms with E-state index in [-0.39, 0.29) is 13.1 Å². The molecule has 0 radical (unpaired) electrons. The maximum Gasteiger partial charge on any atom is 0.246 e. The molecule has 1 rings (SSSR count). The lowest BCUT2D eigenvalue weighted by Gasteiger charge is -2.19. The SMILES string of the molecule is C=CCN(CC=C)S(=O)(=O)c1cc(F)ccc1F. The van der Waals surface area contributed by atoms with Crippen molar-refractivity contribution < 1.29 is 17.2 Å². The first-order valence-corrected chi connectivity index (χ1v) is 6.54. The molecule has 0 spiro atoms. The van der Waals surface area contributed by atoms with E-state index in [1.807, 2.05) is 0 Å². The molecule has 1 aromatic rings. The third-order valence-corrected chi connectivity index (χ3v) is 4.02. The molecule has 0 aliphatic rings. The van der Waals surface area contributed by atoms with Crippen molar-refractivity contribution in [3.63, 3.8) is 0 Å². The first kappa shape index (κ1) is 14.5. The molecule has 0 aliphatic heterocycles. The van der Waals surface area contributed by atoms with Gasteiger partial charge in [-0.25, -0.2) is 17.2 Å². The first-order valence-electron chi connectivity index (χ1n) is 5.10. The monoisotopic (exact) mass is 273 g/mol. The van der Waals surface area contributed by atoms with E-state index in [1.165, 1.54) is 12.2 Å². The molecule has 3 nitrogen and oxygen atoms in total. The van der Waals surface area contributed by atoms with Crippen LogP contribution in [0.5, 0.6) is 0 Å². The Morgan fingerprint density at radius 3 is 2.22 bits per heavy atom. The van der Waals surface area contributed by atoms with E-state index in [1.54, 1.807) is 0 Å². The van der Waals surface area contributed by atoms with Gasteiger partial charge in [0.15, 0.2) is 0 Å². The van der Waals surface area contributed by atoms with Gasteiger partial charge in [-0.05, 0) is 18.2 Å². The van der Waals surface area contributed by atoms with Crippen LogP contribution in [0, 0.1) is 11.6 Å². The van der Waals surface area contributed by atoms with Gasteiger partial charge in [0.1, 0.15) is 16.5 Å². The topological polar surface area (TPSA) is 37.4 Å². The van der Waals surface area contributed by atoms with Crippen LogP contribution in [0.1, 0.15) is 0 Å². The Morgan fingerprint density at radius 1 is 1.17 bits per heavy atom. The van der Waals surface area contributed by atoms with Crippen molar-refractivity contribution in [1.29, 1.82) is 0 Å². The summed E-state index contributed by atoms with van der Waals surface area (Å²) in [6, 6.07) is 2.30. The average Bonchev–Trinajstić information content (AvgIpc) is 2.32. The molecule has 0 atom stereocenters. The number of halogens is 2. The van der Waals surface area contributed by atoms with Crippen LogP contribution in [-0.2, 0) is 10.0 Å². The summed E-state index contributed by atoms with van der Waals surface area (Å²) in [4.78, 5) is -0.689. The second-order valence-corrected chi connectivity index (χ2v) is 5.38. The summed E-state index contributed by atoms with van der Waals surface area (Å²) in [6.45, 7) is 6.82. The smallest absolute Gasteiger partial charge is 0.207 e. The molecular weight excluding hydrogens is 260 g/mol. The van der Waals surface area contributed by atoms with Crippen LogP contribution in [0.4, 0.5) is 8.78 Å². The minimum atomic E-state index is -4.10. The van der Waals surface area contributed by atoms with Gasteiger partial charge < -0.3 is 0 Å². The Labute approximate surface area is 105 Å². The predicted octanol–water partition coefficient (Wildman–Crippen LogP) is 2.33. The zero-order valence-corrected chi connectivity index (χ0v) is 10.5. The lowest BCUT2D eigenvalue weighted by molar-refractivity contribution is 0.465. The molecule has 18 heavy (non-hydrogen) atoms. The minimum absolute atomic E-state index is 0.00962. The molecular formula is C12H13F2NO2S. The van der Waals surface area contributed by atoms with Gasteiger partial charge in [-0.15, -0.1) is 13.2 Å². The summed E-state index contributed by atoms with van der Waals surface area (Å²) in [6.07, 6.45) is 2.72. The highest BCUT2D eigenvalue weighted by atomic mass is 32.2. The fourth-order valence-electron chi connectivity index (χ4n) is 1.37. The number of benzene rings is 1. The molecule has 0 amide bonds. The van der Waals surface area contributed by atoms with Gasteiger partial charge in [0, 0.05) is 13.1 Å². The van der Waals surface area contributed by atoms with Crippen LogP contribution in [-0.4, -0.2) is 25.8 Å². The van der Waals surface area contributed by atoms with Crippen LogP contribution in [0.15, 0.2) is 48.4 Å². The first-order chi connectivity index (χ1) is 8.43. The number of hydrogen-bond donors (Lipinski definition) is 0. The fraction of sp³-hybridized carbons (Fsp3) is 0.167. The maximum absolute atomic E-state index is 13.5. The van der Waals surface area contributed by atoms with Gasteiger partial charge in [-0.3, -0.25) is 0 Å². The largest absolute Gasteiger partial charge is 0.246 e. The molecule has 0 unspecified atom stereocenters. The van der Waals surface area contributed by atoms with Crippen LogP contribution in [0.3, 0.4) is 0 Å². The Hall–Kier alpha value is -1.53. The fourth-order valence-corrected chi connectivity index (χ4v) is 2.83. The molecule has 0 aliphatic carbocycles. The van der Waals surface area contributed by atoms with E-state index < -0.39 is 26.6 Å². The summed E-state index contributed by atoms with van der Waals surface area (Å²) in [5.74, 6) is -1.80. The number of sulfonamides is 1. The summed E-state index contributed by atoms with van der Waals surface area (Å²) in [7, 11) is -4.10. The standard InChI is InChI=1S/C12H13F2NO2S/c1-3-7-15(8-4-2)18(16,17)12-9-10(13)5-6-11(12)14/h3-6,9H,1-2,7-8H2. The van der Waals surface area contributed by atoms with Crippen molar-refractivity contribution in [3.05, 3.63) is 55.1 Å². The van der Waals surface area contributed by atoms with E-state index in [2.05, 4.69) is 13.2 Å². The average molecular weight is 273 g/mol. The van der Waals surface area contributed by atoms with E-state index >= 15 is 0 Å². The third kappa shape index (κ3) is 3.02. The van der Waals surface area contributed by atoms with Gasteiger partial charge in [0.25, 0.3) is 0 Å². The van der Waals surface area contributed by atoms with Crippen molar-refractivity contribution in [2.24, 2.45) is 0 Å². The second-order valence-electron chi connectivity index (χ2n) is 3.47. The number of nitrogens with zero attached hydrogens (tertiary/aromatic N) is 1. The van der Waals surface area contributed by atoms with Crippen molar-refractivity contribution in [3.8, 4) is 0 Å². The number of hydrogen-bond acceptors (Lipinski definition) is 2. The molecule has 1 aromatic carbocycles. The summed E-state index contributed by atoms with van der Waals surface area (Å²) < 4.78 is 51.7. The lowest BCUT2D eigenvalue weighted by Crippen LogP contribution is -2.32. The van der Waals surface area contributed by atoms with Crippen LogP contribution >= 0.6 is 0 Å². The normalized spacial score (nSPS) is 11.5. The third-order valence-electron chi connectivity index (χ3n) is 2.18. The van der Waals surface area contributed by atoms with Crippen molar-refractivity contribution in [2.75, 3.05) is 13.1 Å². The zero-order chi connectivity index (χ0) is 13.8.